The summed E-state index contributed by atoms with van der Waals surface area (Å²) >= 11 is 0. The molecule has 5 heteroatoms. The summed E-state index contributed by atoms with van der Waals surface area (Å²) in [4.78, 5) is 14.2. The molecule has 0 saturated heterocycles. The monoisotopic (exact) mass is 304 g/mol. The van der Waals surface area contributed by atoms with Gasteiger partial charge < -0.3 is 19.3 Å². The van der Waals surface area contributed by atoms with Crippen molar-refractivity contribution >= 4 is 16.8 Å². The maximum atomic E-state index is 12.7. The number of carbonyl (C=O) groups is 1. The first kappa shape index (κ1) is 16.4. The number of hydrogen-bond acceptors (Lipinski definition) is 3. The fourth-order valence-corrected chi connectivity index (χ4v) is 2.79. The van der Waals surface area contributed by atoms with E-state index < -0.39 is 0 Å². The number of aryl methyl sites for hydroxylation is 2. The third kappa shape index (κ3) is 2.81. The molecule has 0 aliphatic heterocycles. The first-order valence-electron chi connectivity index (χ1n) is 7.67. The van der Waals surface area contributed by atoms with Crippen molar-refractivity contribution in [1.82, 2.24) is 9.47 Å². The van der Waals surface area contributed by atoms with Crippen molar-refractivity contribution in [1.29, 1.82) is 0 Å². The number of rotatable bonds is 6. The first-order chi connectivity index (χ1) is 10.5. The quantitative estimate of drug-likeness (QED) is 0.892. The molecule has 1 N–H and O–H groups in total. The Morgan fingerprint density at radius 3 is 2.68 bits per heavy atom. The first-order valence-corrected chi connectivity index (χ1v) is 7.67. The summed E-state index contributed by atoms with van der Waals surface area (Å²) in [6.07, 6.45) is 0. The second-order valence-electron chi connectivity index (χ2n) is 5.28. The Hall–Kier alpha value is -2.01. The Labute approximate surface area is 131 Å². The molecule has 0 bridgehead atoms. The summed E-state index contributed by atoms with van der Waals surface area (Å²) in [5.74, 6) is 0.747. The van der Waals surface area contributed by atoms with E-state index in [1.807, 2.05) is 43.5 Å². The third-order valence-electron chi connectivity index (χ3n) is 3.90. The minimum atomic E-state index is -0.0671. The number of hydrogen-bond donors (Lipinski definition) is 1. The summed E-state index contributed by atoms with van der Waals surface area (Å²) in [6, 6.07) is 5.92. The van der Waals surface area contributed by atoms with Crippen molar-refractivity contribution in [3.8, 4) is 5.75 Å². The van der Waals surface area contributed by atoms with Crippen LogP contribution in [0.1, 0.15) is 29.9 Å². The molecule has 2 rings (SSSR count). The lowest BCUT2D eigenvalue weighted by atomic mass is 10.1. The Bertz CT molecular complexity index is 676. The topological polar surface area (TPSA) is 54.7 Å². The van der Waals surface area contributed by atoms with Crippen molar-refractivity contribution in [2.24, 2.45) is 0 Å². The Kier molecular flexibility index (Phi) is 5.08. The Morgan fingerprint density at radius 2 is 2.09 bits per heavy atom. The maximum Gasteiger partial charge on any atom is 0.270 e. The number of aliphatic hydroxyl groups excluding tert-OH is 1. The van der Waals surface area contributed by atoms with Crippen LogP contribution in [0.4, 0.5) is 0 Å². The largest absolute Gasteiger partial charge is 0.494 e. The van der Waals surface area contributed by atoms with E-state index in [0.29, 0.717) is 25.4 Å². The molecule has 1 aromatic carbocycles. The normalized spacial score (nSPS) is 11.0. The summed E-state index contributed by atoms with van der Waals surface area (Å²) in [7, 11) is 1.71. The van der Waals surface area contributed by atoms with Crippen LogP contribution in [-0.2, 0) is 6.54 Å². The summed E-state index contributed by atoms with van der Waals surface area (Å²) in [5.41, 5.74) is 2.67. The van der Waals surface area contributed by atoms with Crippen molar-refractivity contribution < 1.29 is 14.6 Å². The summed E-state index contributed by atoms with van der Waals surface area (Å²) in [5, 5.41) is 10.1. The zero-order valence-corrected chi connectivity index (χ0v) is 13.7. The predicted octanol–water partition coefficient (Wildman–Crippen LogP) is 2.43. The van der Waals surface area contributed by atoms with Gasteiger partial charge in [0.2, 0.25) is 0 Å². The Morgan fingerprint density at radius 1 is 1.36 bits per heavy atom. The van der Waals surface area contributed by atoms with E-state index >= 15 is 0 Å². The van der Waals surface area contributed by atoms with E-state index in [2.05, 4.69) is 0 Å². The standard InChI is InChI=1S/C17H24N2O3/c1-5-19-15-8-7-13(22-6-2)11-14(15)12(3)16(19)17(21)18(4)9-10-20/h7-8,11,20H,5-6,9-10H2,1-4H3. The fourth-order valence-electron chi connectivity index (χ4n) is 2.79. The average Bonchev–Trinajstić information content (AvgIpc) is 2.79. The fraction of sp³-hybridized carbons (Fsp3) is 0.471. The van der Waals surface area contributed by atoms with Crippen LogP contribution in [0.25, 0.3) is 10.9 Å². The van der Waals surface area contributed by atoms with E-state index in [-0.39, 0.29) is 12.5 Å². The SMILES string of the molecule is CCOc1ccc2c(c1)c(C)c(C(=O)N(C)CCO)n2CC. The molecule has 1 amide bonds. The average molecular weight is 304 g/mol. The molecule has 0 aliphatic rings. The van der Waals surface area contributed by atoms with Crippen LogP contribution in [0.2, 0.25) is 0 Å². The zero-order valence-electron chi connectivity index (χ0n) is 13.7. The van der Waals surface area contributed by atoms with Gasteiger partial charge in [-0.15, -0.1) is 0 Å². The highest BCUT2D eigenvalue weighted by atomic mass is 16.5. The van der Waals surface area contributed by atoms with Gasteiger partial charge in [0.15, 0.2) is 0 Å². The number of aliphatic hydroxyl groups is 1. The minimum absolute atomic E-state index is 0.0396. The van der Waals surface area contributed by atoms with Crippen molar-refractivity contribution in [2.75, 3.05) is 26.8 Å². The number of ether oxygens (including phenoxy) is 1. The number of carbonyl (C=O) groups excluding carboxylic acids is 1. The van der Waals surface area contributed by atoms with Gasteiger partial charge in [-0.3, -0.25) is 4.79 Å². The number of benzene rings is 1. The molecule has 0 fully saturated rings. The van der Waals surface area contributed by atoms with Gasteiger partial charge in [0.05, 0.1) is 13.2 Å². The molecule has 1 heterocycles. The molecular weight excluding hydrogens is 280 g/mol. The van der Waals surface area contributed by atoms with Crippen LogP contribution < -0.4 is 4.74 Å². The number of amides is 1. The highest BCUT2D eigenvalue weighted by Gasteiger charge is 2.22. The number of fused-ring (bicyclic) bond motifs is 1. The van der Waals surface area contributed by atoms with Crippen molar-refractivity contribution in [3.05, 3.63) is 29.5 Å². The smallest absolute Gasteiger partial charge is 0.270 e. The van der Waals surface area contributed by atoms with Gasteiger partial charge in [-0.05, 0) is 44.5 Å². The maximum absolute atomic E-state index is 12.7. The number of nitrogens with zero attached hydrogens (tertiary/aromatic N) is 2. The molecule has 2 aromatic rings. The van der Waals surface area contributed by atoms with Gasteiger partial charge in [0.25, 0.3) is 5.91 Å². The number of aromatic nitrogens is 1. The lowest BCUT2D eigenvalue weighted by Gasteiger charge is -2.17. The van der Waals surface area contributed by atoms with Crippen LogP contribution in [0.3, 0.4) is 0 Å². The van der Waals surface area contributed by atoms with Crippen molar-refractivity contribution in [3.63, 3.8) is 0 Å². The van der Waals surface area contributed by atoms with E-state index in [1.165, 1.54) is 0 Å². The lowest BCUT2D eigenvalue weighted by Crippen LogP contribution is -2.31. The molecule has 0 saturated carbocycles. The Balaban J connectivity index is 2.58. The molecule has 0 aliphatic carbocycles. The van der Waals surface area contributed by atoms with Crippen molar-refractivity contribution in [2.45, 2.75) is 27.3 Å². The van der Waals surface area contributed by atoms with Gasteiger partial charge in [0.1, 0.15) is 11.4 Å². The van der Waals surface area contributed by atoms with E-state index in [1.54, 1.807) is 11.9 Å². The second-order valence-corrected chi connectivity index (χ2v) is 5.28. The van der Waals surface area contributed by atoms with Crippen LogP contribution in [-0.4, -0.2) is 47.3 Å². The highest BCUT2D eigenvalue weighted by Crippen LogP contribution is 2.30. The molecule has 1 aromatic heterocycles. The van der Waals surface area contributed by atoms with Crippen LogP contribution in [0, 0.1) is 6.92 Å². The van der Waals surface area contributed by atoms with Gasteiger partial charge >= 0.3 is 0 Å². The summed E-state index contributed by atoms with van der Waals surface area (Å²) < 4.78 is 7.58. The highest BCUT2D eigenvalue weighted by molar-refractivity contribution is 6.01. The van der Waals surface area contributed by atoms with Gasteiger partial charge in [-0.25, -0.2) is 0 Å². The van der Waals surface area contributed by atoms with E-state index in [9.17, 15) is 4.79 Å². The van der Waals surface area contributed by atoms with Gasteiger partial charge in [0, 0.05) is 31.0 Å². The summed E-state index contributed by atoms with van der Waals surface area (Å²) in [6.45, 7) is 7.56. The molecular formula is C17H24N2O3. The van der Waals surface area contributed by atoms with E-state index in [4.69, 9.17) is 9.84 Å². The zero-order chi connectivity index (χ0) is 16.3. The second kappa shape index (κ2) is 6.83. The lowest BCUT2D eigenvalue weighted by molar-refractivity contribution is 0.0756. The molecule has 0 radical (unpaired) electrons. The van der Waals surface area contributed by atoms with Gasteiger partial charge in [-0.1, -0.05) is 0 Å². The number of likely N-dealkylation sites (N-methyl/N-ethyl adjacent to an activating group) is 1. The van der Waals surface area contributed by atoms with Crippen LogP contribution >= 0.6 is 0 Å². The third-order valence-corrected chi connectivity index (χ3v) is 3.90. The van der Waals surface area contributed by atoms with Gasteiger partial charge in [-0.2, -0.15) is 0 Å². The molecule has 0 unspecified atom stereocenters. The molecule has 0 spiro atoms. The molecule has 5 nitrogen and oxygen atoms in total. The molecule has 22 heavy (non-hydrogen) atoms. The van der Waals surface area contributed by atoms with E-state index in [0.717, 1.165) is 22.2 Å². The van der Waals surface area contributed by atoms with Crippen LogP contribution in [0.5, 0.6) is 5.75 Å². The van der Waals surface area contributed by atoms with Crippen LogP contribution in [0.15, 0.2) is 18.2 Å². The molecule has 0 atom stereocenters. The minimum Gasteiger partial charge on any atom is -0.494 e. The molecule has 120 valence electrons. The predicted molar refractivity (Wildman–Crippen MR) is 87.6 cm³/mol.